The molecule has 17 heavy (non-hydrogen) atoms. The third kappa shape index (κ3) is 2.61. The topological polar surface area (TPSA) is 38.9 Å². The van der Waals surface area contributed by atoms with Crippen molar-refractivity contribution in [2.24, 2.45) is 0 Å². The molecule has 1 aromatic heterocycles. The molecule has 0 bridgehead atoms. The second kappa shape index (κ2) is 4.30. The van der Waals surface area contributed by atoms with Crippen LogP contribution in [-0.2, 0) is 6.18 Å². The smallest absolute Gasteiger partial charge is 0.375 e. The van der Waals surface area contributed by atoms with Crippen molar-refractivity contribution in [2.45, 2.75) is 6.18 Å². The van der Waals surface area contributed by atoms with E-state index < -0.39 is 11.7 Å². The number of rotatable bonds is 1. The minimum Gasteiger partial charge on any atom is -0.375 e. The molecule has 0 radical (unpaired) electrons. The van der Waals surface area contributed by atoms with Crippen molar-refractivity contribution in [3.8, 4) is 10.4 Å². The lowest BCUT2D eigenvalue weighted by Crippen LogP contribution is -2.04. The maximum absolute atomic E-state index is 12.5. The molecule has 1 heterocycles. The van der Waals surface area contributed by atoms with E-state index in [-0.39, 0.29) is 0 Å². The molecule has 7 heteroatoms. The molecule has 0 unspecified atom stereocenters. The summed E-state index contributed by atoms with van der Waals surface area (Å²) in [6.07, 6.45) is -2.80. The van der Waals surface area contributed by atoms with Gasteiger partial charge in [0.1, 0.15) is 0 Å². The number of thiazole rings is 1. The lowest BCUT2D eigenvalue weighted by Gasteiger charge is -2.08. The Morgan fingerprint density at radius 1 is 1.29 bits per heavy atom. The van der Waals surface area contributed by atoms with Crippen LogP contribution in [0.1, 0.15) is 5.56 Å². The minimum atomic E-state index is -4.34. The number of anilines is 1. The highest BCUT2D eigenvalue weighted by molar-refractivity contribution is 9.10. The van der Waals surface area contributed by atoms with E-state index in [1.807, 2.05) is 0 Å². The normalized spacial score (nSPS) is 11.8. The first kappa shape index (κ1) is 12.4. The molecule has 1 aromatic carbocycles. The van der Waals surface area contributed by atoms with Crippen LogP contribution in [0, 0.1) is 0 Å². The van der Waals surface area contributed by atoms with Gasteiger partial charge in [0.05, 0.1) is 10.4 Å². The highest BCUT2D eigenvalue weighted by Gasteiger charge is 2.30. The fourth-order valence-electron chi connectivity index (χ4n) is 1.30. The minimum absolute atomic E-state index is 0.371. The number of hydrogen-bond donors (Lipinski definition) is 1. The summed E-state index contributed by atoms with van der Waals surface area (Å²) in [5, 5.41) is 0.381. The Morgan fingerprint density at radius 2 is 2.00 bits per heavy atom. The molecule has 90 valence electrons. The van der Waals surface area contributed by atoms with Gasteiger partial charge in [0.25, 0.3) is 0 Å². The van der Waals surface area contributed by atoms with E-state index in [4.69, 9.17) is 5.73 Å². The molecule has 0 amide bonds. The summed E-state index contributed by atoms with van der Waals surface area (Å²) >= 11 is 4.35. The second-order valence-corrected chi connectivity index (χ2v) is 5.17. The number of nitrogen functional groups attached to an aromatic ring is 1. The Labute approximate surface area is 107 Å². The van der Waals surface area contributed by atoms with Gasteiger partial charge >= 0.3 is 6.18 Å². The monoisotopic (exact) mass is 322 g/mol. The molecule has 0 spiro atoms. The Morgan fingerprint density at radius 3 is 2.47 bits per heavy atom. The summed E-state index contributed by atoms with van der Waals surface area (Å²) in [5.74, 6) is 0. The lowest BCUT2D eigenvalue weighted by molar-refractivity contribution is -0.137. The highest BCUT2D eigenvalue weighted by Crippen LogP contribution is 2.37. The predicted octanol–water partition coefficient (Wildman–Crippen LogP) is 4.17. The van der Waals surface area contributed by atoms with Crippen molar-refractivity contribution in [2.75, 3.05) is 5.73 Å². The van der Waals surface area contributed by atoms with Gasteiger partial charge in [0.15, 0.2) is 5.13 Å². The van der Waals surface area contributed by atoms with Crippen LogP contribution in [-0.4, -0.2) is 4.98 Å². The van der Waals surface area contributed by atoms with E-state index >= 15 is 0 Å². The van der Waals surface area contributed by atoms with E-state index in [1.54, 1.807) is 0 Å². The number of nitrogens with two attached hydrogens (primary N) is 1. The van der Waals surface area contributed by atoms with Crippen LogP contribution in [0.25, 0.3) is 10.4 Å². The van der Waals surface area contributed by atoms with E-state index in [0.717, 1.165) is 17.0 Å². The SMILES string of the molecule is Nc1ncc(-c2ccc(C(F)(F)F)cc2Br)s1. The zero-order valence-corrected chi connectivity index (χ0v) is 10.7. The molecule has 2 N–H and O–H groups in total. The van der Waals surface area contributed by atoms with Gasteiger partial charge in [0, 0.05) is 16.2 Å². The van der Waals surface area contributed by atoms with Gasteiger partial charge in [-0.15, -0.1) is 0 Å². The average Bonchev–Trinajstić information content (AvgIpc) is 2.63. The number of benzene rings is 1. The molecular formula is C10H6BrF3N2S. The van der Waals surface area contributed by atoms with Crippen molar-refractivity contribution >= 4 is 32.4 Å². The number of nitrogens with zero attached hydrogens (tertiary/aromatic N) is 1. The maximum atomic E-state index is 12.5. The summed E-state index contributed by atoms with van der Waals surface area (Å²) in [5.41, 5.74) is 5.43. The highest BCUT2D eigenvalue weighted by atomic mass is 79.9. The second-order valence-electron chi connectivity index (χ2n) is 3.26. The van der Waals surface area contributed by atoms with Gasteiger partial charge < -0.3 is 5.73 Å². The van der Waals surface area contributed by atoms with Gasteiger partial charge in [0.2, 0.25) is 0 Å². The van der Waals surface area contributed by atoms with E-state index in [0.29, 0.717) is 15.2 Å². The van der Waals surface area contributed by atoms with Gasteiger partial charge in [-0.1, -0.05) is 33.3 Å². The summed E-state index contributed by atoms with van der Waals surface area (Å²) in [4.78, 5) is 4.58. The van der Waals surface area contributed by atoms with Gasteiger partial charge in [-0.2, -0.15) is 13.2 Å². The van der Waals surface area contributed by atoms with Crippen molar-refractivity contribution in [3.63, 3.8) is 0 Å². The van der Waals surface area contributed by atoms with Crippen LogP contribution in [0.4, 0.5) is 18.3 Å². The Kier molecular flexibility index (Phi) is 3.13. The van der Waals surface area contributed by atoms with Crippen molar-refractivity contribution in [3.05, 3.63) is 34.4 Å². The summed E-state index contributed by atoms with van der Waals surface area (Å²) < 4.78 is 37.7. The van der Waals surface area contributed by atoms with E-state index in [1.165, 1.54) is 23.6 Å². The molecule has 2 nitrogen and oxygen atoms in total. The third-order valence-corrected chi connectivity index (χ3v) is 3.60. The largest absolute Gasteiger partial charge is 0.416 e. The molecule has 2 aromatic rings. The zero-order valence-electron chi connectivity index (χ0n) is 8.25. The standard InChI is InChI=1S/C10H6BrF3N2S/c11-7-3-5(10(12,13)14)1-2-6(7)8-4-16-9(15)17-8/h1-4H,(H2,15,16). The molecule has 0 aliphatic carbocycles. The van der Waals surface area contributed by atoms with Crippen LogP contribution in [0.5, 0.6) is 0 Å². The van der Waals surface area contributed by atoms with Crippen LogP contribution >= 0.6 is 27.3 Å². The van der Waals surface area contributed by atoms with Crippen molar-refractivity contribution in [1.82, 2.24) is 4.98 Å². The predicted molar refractivity (Wildman–Crippen MR) is 64.7 cm³/mol. The Hall–Kier alpha value is -1.08. The quantitative estimate of drug-likeness (QED) is 0.855. The molecule has 0 aliphatic heterocycles. The summed E-state index contributed by atoms with van der Waals surface area (Å²) in [6.45, 7) is 0. The third-order valence-electron chi connectivity index (χ3n) is 2.09. The number of aromatic nitrogens is 1. The number of hydrogen-bond acceptors (Lipinski definition) is 3. The maximum Gasteiger partial charge on any atom is 0.416 e. The molecular weight excluding hydrogens is 317 g/mol. The fraction of sp³-hybridized carbons (Fsp3) is 0.100. The molecule has 2 rings (SSSR count). The van der Waals surface area contributed by atoms with Crippen molar-refractivity contribution in [1.29, 1.82) is 0 Å². The van der Waals surface area contributed by atoms with Gasteiger partial charge in [-0.3, -0.25) is 0 Å². The van der Waals surface area contributed by atoms with Crippen LogP contribution in [0.15, 0.2) is 28.9 Å². The first-order valence-corrected chi connectivity index (χ1v) is 6.07. The zero-order chi connectivity index (χ0) is 12.6. The van der Waals surface area contributed by atoms with Crippen LogP contribution in [0.2, 0.25) is 0 Å². The van der Waals surface area contributed by atoms with E-state index in [2.05, 4.69) is 20.9 Å². The number of alkyl halides is 3. The Balaban J connectivity index is 2.45. The molecule has 0 saturated carbocycles. The molecule has 0 saturated heterocycles. The first-order chi connectivity index (χ1) is 7.88. The fourth-order valence-corrected chi connectivity index (χ4v) is 2.75. The Bertz CT molecular complexity index is 551. The number of halogens is 4. The average molecular weight is 323 g/mol. The van der Waals surface area contributed by atoms with E-state index in [9.17, 15) is 13.2 Å². The first-order valence-electron chi connectivity index (χ1n) is 4.46. The van der Waals surface area contributed by atoms with Gasteiger partial charge in [-0.25, -0.2) is 4.98 Å². The lowest BCUT2D eigenvalue weighted by atomic mass is 10.1. The summed E-state index contributed by atoms with van der Waals surface area (Å²) in [7, 11) is 0. The van der Waals surface area contributed by atoms with Crippen molar-refractivity contribution < 1.29 is 13.2 Å². The molecule has 0 fully saturated rings. The van der Waals surface area contributed by atoms with Crippen LogP contribution < -0.4 is 5.73 Å². The van der Waals surface area contributed by atoms with Crippen LogP contribution in [0.3, 0.4) is 0 Å². The molecule has 0 aliphatic rings. The molecule has 0 atom stereocenters. The van der Waals surface area contributed by atoms with Gasteiger partial charge in [-0.05, 0) is 12.1 Å². The summed E-state index contributed by atoms with van der Waals surface area (Å²) in [6, 6.07) is 3.49.